The van der Waals surface area contributed by atoms with Crippen molar-refractivity contribution in [1.29, 1.82) is 0 Å². The number of aromatic nitrogens is 1. The molecule has 3 rings (SSSR count). The van der Waals surface area contributed by atoms with Crippen molar-refractivity contribution in [3.05, 3.63) is 58.1 Å². The Hall–Kier alpha value is -2.45. The molecule has 0 saturated heterocycles. The number of ether oxygens (including phenoxy) is 1. The van der Waals surface area contributed by atoms with Crippen molar-refractivity contribution < 1.29 is 22.4 Å². The molecule has 3 aromatic rings. The molecule has 0 spiro atoms. The molecule has 2 heterocycles. The summed E-state index contributed by atoms with van der Waals surface area (Å²) in [6.45, 7) is 1.67. The monoisotopic (exact) mass is 419 g/mol. The van der Waals surface area contributed by atoms with Crippen molar-refractivity contribution in [2.45, 2.75) is 25.5 Å². The number of thiophene rings is 1. The number of oxazole rings is 1. The van der Waals surface area contributed by atoms with Gasteiger partial charge >= 0.3 is 0 Å². The van der Waals surface area contributed by atoms with Crippen LogP contribution in [0.3, 0.4) is 0 Å². The molecule has 28 heavy (non-hydrogen) atoms. The van der Waals surface area contributed by atoms with Crippen LogP contribution < -0.4 is 4.74 Å². The van der Waals surface area contributed by atoms with Gasteiger partial charge in [0.05, 0.1) is 18.6 Å². The summed E-state index contributed by atoms with van der Waals surface area (Å²) in [7, 11) is -2.06. The maximum absolute atomic E-state index is 12.5. The van der Waals surface area contributed by atoms with Crippen LogP contribution in [0.15, 0.2) is 46.2 Å². The van der Waals surface area contributed by atoms with Crippen molar-refractivity contribution in [2.75, 3.05) is 12.9 Å². The fourth-order valence-corrected chi connectivity index (χ4v) is 4.87. The Bertz CT molecular complexity index is 1050. The van der Waals surface area contributed by atoms with E-state index < -0.39 is 15.6 Å². The van der Waals surface area contributed by atoms with Crippen LogP contribution in [0.25, 0.3) is 11.5 Å². The molecule has 0 radical (unpaired) electrons. The predicted molar refractivity (Wildman–Crippen MR) is 108 cm³/mol. The van der Waals surface area contributed by atoms with E-state index >= 15 is 0 Å². The lowest BCUT2D eigenvalue weighted by atomic mass is 10.2. The molecular formula is C20H21NO5S2. The fourth-order valence-electron chi connectivity index (χ4n) is 2.74. The average Bonchev–Trinajstić information content (AvgIpc) is 3.29. The van der Waals surface area contributed by atoms with Crippen LogP contribution in [-0.4, -0.2) is 32.0 Å². The van der Waals surface area contributed by atoms with Gasteiger partial charge in [0.1, 0.15) is 23.0 Å². The summed E-state index contributed by atoms with van der Waals surface area (Å²) in [5.74, 6) is 0.301. The molecule has 0 atom stereocenters. The van der Waals surface area contributed by atoms with Crippen molar-refractivity contribution in [3.63, 3.8) is 0 Å². The maximum Gasteiger partial charge on any atom is 0.226 e. The van der Waals surface area contributed by atoms with E-state index in [2.05, 4.69) is 4.98 Å². The number of hydrogen-bond acceptors (Lipinski definition) is 7. The molecule has 0 fully saturated rings. The SMILES string of the molecule is COc1cccc(-c2nc(CS(=O)(=O)CC(=O)CCc3cccs3)c(C)o2)c1. The maximum atomic E-state index is 12.5. The van der Waals surface area contributed by atoms with E-state index in [0.29, 0.717) is 35.1 Å². The van der Waals surface area contributed by atoms with E-state index in [0.717, 1.165) is 4.88 Å². The van der Waals surface area contributed by atoms with Gasteiger partial charge in [-0.3, -0.25) is 4.79 Å². The number of aryl methyl sites for hydroxylation is 2. The molecule has 6 nitrogen and oxygen atoms in total. The first-order valence-electron chi connectivity index (χ1n) is 8.71. The third-order valence-electron chi connectivity index (χ3n) is 4.18. The van der Waals surface area contributed by atoms with Gasteiger partial charge in [-0.05, 0) is 43.0 Å². The van der Waals surface area contributed by atoms with E-state index in [-0.39, 0.29) is 18.0 Å². The van der Waals surface area contributed by atoms with Gasteiger partial charge in [0.2, 0.25) is 5.89 Å². The summed E-state index contributed by atoms with van der Waals surface area (Å²) in [6.07, 6.45) is 0.779. The zero-order valence-corrected chi connectivity index (χ0v) is 17.3. The number of ketones is 1. The zero-order chi connectivity index (χ0) is 20.1. The third kappa shape index (κ3) is 5.30. The molecule has 0 aliphatic carbocycles. The molecule has 0 unspecified atom stereocenters. The number of carbonyl (C=O) groups is 1. The van der Waals surface area contributed by atoms with Crippen LogP contribution in [0.2, 0.25) is 0 Å². The molecular weight excluding hydrogens is 398 g/mol. The van der Waals surface area contributed by atoms with Crippen LogP contribution in [-0.2, 0) is 26.8 Å². The number of hydrogen-bond donors (Lipinski definition) is 0. The van der Waals surface area contributed by atoms with Crippen molar-refractivity contribution in [3.8, 4) is 17.2 Å². The van der Waals surface area contributed by atoms with Crippen molar-refractivity contribution in [1.82, 2.24) is 4.98 Å². The van der Waals surface area contributed by atoms with Gasteiger partial charge < -0.3 is 9.15 Å². The van der Waals surface area contributed by atoms with Crippen LogP contribution in [0.4, 0.5) is 0 Å². The normalized spacial score (nSPS) is 11.5. The number of carbonyl (C=O) groups excluding carboxylic acids is 1. The molecule has 2 aromatic heterocycles. The Morgan fingerprint density at radius 3 is 2.79 bits per heavy atom. The average molecular weight is 420 g/mol. The Morgan fingerprint density at radius 1 is 1.25 bits per heavy atom. The standard InChI is InChI=1S/C20H21NO5S2/c1-14-19(21-20(26-14)15-5-3-6-17(11-15)25-2)13-28(23,24)12-16(22)8-9-18-7-4-10-27-18/h3-7,10-11H,8-9,12-13H2,1-2H3. The minimum atomic E-state index is -3.62. The summed E-state index contributed by atoms with van der Waals surface area (Å²) in [4.78, 5) is 17.5. The van der Waals surface area contributed by atoms with Gasteiger partial charge in [0.15, 0.2) is 9.84 Å². The first kappa shape index (κ1) is 20.3. The minimum Gasteiger partial charge on any atom is -0.497 e. The summed E-state index contributed by atoms with van der Waals surface area (Å²) in [6, 6.07) is 11.0. The highest BCUT2D eigenvalue weighted by molar-refractivity contribution is 7.91. The number of Topliss-reactive ketones (excluding diaryl/α,β-unsaturated/α-hetero) is 1. The molecule has 0 amide bonds. The van der Waals surface area contributed by atoms with Crippen LogP contribution in [0.1, 0.15) is 22.8 Å². The Balaban J connectivity index is 1.66. The molecule has 0 aliphatic rings. The highest BCUT2D eigenvalue weighted by Gasteiger charge is 2.22. The lowest BCUT2D eigenvalue weighted by Crippen LogP contribution is -2.18. The first-order chi connectivity index (χ1) is 13.4. The molecule has 0 saturated carbocycles. The predicted octanol–water partition coefficient (Wildman–Crippen LogP) is 3.84. The third-order valence-corrected chi connectivity index (χ3v) is 6.59. The quantitative estimate of drug-likeness (QED) is 0.524. The summed E-state index contributed by atoms with van der Waals surface area (Å²) >= 11 is 1.56. The number of sulfone groups is 1. The smallest absolute Gasteiger partial charge is 0.226 e. The van der Waals surface area contributed by atoms with Gasteiger partial charge in [0, 0.05) is 16.9 Å². The minimum absolute atomic E-state index is 0.215. The fraction of sp³-hybridized carbons (Fsp3) is 0.300. The Labute approximate surface area is 168 Å². The zero-order valence-electron chi connectivity index (χ0n) is 15.7. The van der Waals surface area contributed by atoms with Gasteiger partial charge in [-0.25, -0.2) is 13.4 Å². The number of methoxy groups -OCH3 is 1. The molecule has 0 aliphatic heterocycles. The summed E-state index contributed by atoms with van der Waals surface area (Å²) < 4.78 is 35.7. The Kier molecular flexibility index (Phi) is 6.31. The van der Waals surface area contributed by atoms with E-state index in [1.165, 1.54) is 0 Å². The lowest BCUT2D eigenvalue weighted by molar-refractivity contribution is -0.116. The summed E-state index contributed by atoms with van der Waals surface area (Å²) in [5.41, 5.74) is 1.02. The first-order valence-corrected chi connectivity index (χ1v) is 11.4. The second-order valence-corrected chi connectivity index (χ2v) is 9.50. The van der Waals surface area contributed by atoms with Gasteiger partial charge in [0.25, 0.3) is 0 Å². The van der Waals surface area contributed by atoms with E-state index in [1.807, 2.05) is 17.5 Å². The molecule has 148 valence electrons. The van der Waals surface area contributed by atoms with Crippen LogP contribution in [0.5, 0.6) is 5.75 Å². The highest BCUT2D eigenvalue weighted by Crippen LogP contribution is 2.26. The second kappa shape index (κ2) is 8.70. The Morgan fingerprint density at radius 2 is 2.07 bits per heavy atom. The number of benzene rings is 1. The highest BCUT2D eigenvalue weighted by atomic mass is 32.2. The molecule has 8 heteroatoms. The van der Waals surface area contributed by atoms with Crippen LogP contribution in [0, 0.1) is 6.92 Å². The lowest BCUT2D eigenvalue weighted by Gasteiger charge is -2.02. The number of nitrogens with zero attached hydrogens (tertiary/aromatic N) is 1. The molecule has 0 N–H and O–H groups in total. The van der Waals surface area contributed by atoms with Crippen molar-refractivity contribution in [2.24, 2.45) is 0 Å². The van der Waals surface area contributed by atoms with E-state index in [4.69, 9.17) is 9.15 Å². The number of rotatable bonds is 9. The van der Waals surface area contributed by atoms with E-state index in [9.17, 15) is 13.2 Å². The van der Waals surface area contributed by atoms with Crippen molar-refractivity contribution >= 4 is 27.0 Å². The molecule has 1 aromatic carbocycles. The largest absolute Gasteiger partial charge is 0.497 e. The summed E-state index contributed by atoms with van der Waals surface area (Å²) in [5, 5.41) is 1.93. The topological polar surface area (TPSA) is 86.5 Å². The van der Waals surface area contributed by atoms with Gasteiger partial charge in [-0.1, -0.05) is 12.1 Å². The van der Waals surface area contributed by atoms with Gasteiger partial charge in [-0.15, -0.1) is 11.3 Å². The van der Waals surface area contributed by atoms with Gasteiger partial charge in [-0.2, -0.15) is 0 Å². The molecule has 0 bridgehead atoms. The van der Waals surface area contributed by atoms with Crippen LogP contribution >= 0.6 is 11.3 Å². The second-order valence-electron chi connectivity index (χ2n) is 6.40. The van der Waals surface area contributed by atoms with E-state index in [1.54, 1.807) is 49.6 Å².